The molecule has 0 aliphatic carbocycles. The number of hydrogen-bond acceptors (Lipinski definition) is 3. The van der Waals surface area contributed by atoms with E-state index in [4.69, 9.17) is 33.4 Å². The van der Waals surface area contributed by atoms with Gasteiger partial charge in [-0.3, -0.25) is 0 Å². The van der Waals surface area contributed by atoms with E-state index < -0.39 is 0 Å². The Labute approximate surface area is 119 Å². The number of nitrogens with zero attached hydrogens (tertiary/aromatic N) is 1. The van der Waals surface area contributed by atoms with Gasteiger partial charge in [-0.2, -0.15) is 0 Å². The van der Waals surface area contributed by atoms with Crippen molar-refractivity contribution in [1.29, 1.82) is 0 Å². The van der Waals surface area contributed by atoms with Gasteiger partial charge in [0.15, 0.2) is 11.5 Å². The molecule has 0 radical (unpaired) electrons. The summed E-state index contributed by atoms with van der Waals surface area (Å²) in [7, 11) is 0. The van der Waals surface area contributed by atoms with Gasteiger partial charge in [0.2, 0.25) is 0 Å². The second-order valence-corrected chi connectivity index (χ2v) is 5.11. The van der Waals surface area contributed by atoms with Crippen molar-refractivity contribution in [2.75, 3.05) is 5.73 Å². The van der Waals surface area contributed by atoms with E-state index in [9.17, 15) is 0 Å². The molecule has 0 fully saturated rings. The third kappa shape index (κ3) is 2.53. The minimum absolute atomic E-state index is 0.467. The monoisotopic (exact) mass is 292 g/mol. The number of hydrogen-bond donors (Lipinski definition) is 1. The van der Waals surface area contributed by atoms with E-state index in [1.165, 1.54) is 0 Å². The van der Waals surface area contributed by atoms with Gasteiger partial charge < -0.3 is 10.2 Å². The van der Waals surface area contributed by atoms with Gasteiger partial charge in [-0.05, 0) is 29.8 Å². The highest BCUT2D eigenvalue weighted by Gasteiger charge is 2.11. The van der Waals surface area contributed by atoms with Gasteiger partial charge in [0.25, 0.3) is 0 Å². The summed E-state index contributed by atoms with van der Waals surface area (Å²) in [6.45, 7) is 0. The molecule has 1 aromatic heterocycles. The first-order valence-corrected chi connectivity index (χ1v) is 6.46. The summed E-state index contributed by atoms with van der Waals surface area (Å²) < 4.78 is 5.66. The van der Waals surface area contributed by atoms with Crippen molar-refractivity contribution < 1.29 is 4.42 Å². The van der Waals surface area contributed by atoms with Crippen LogP contribution in [0, 0.1) is 0 Å². The average molecular weight is 293 g/mol. The third-order valence-corrected chi connectivity index (χ3v) is 3.26. The first-order chi connectivity index (χ1) is 9.11. The summed E-state index contributed by atoms with van der Waals surface area (Å²) in [6.07, 6.45) is 0.563. The summed E-state index contributed by atoms with van der Waals surface area (Å²) in [6, 6.07) is 11.0. The summed E-state index contributed by atoms with van der Waals surface area (Å²) >= 11 is 12.0. The minimum Gasteiger partial charge on any atom is -0.439 e. The number of halogens is 2. The van der Waals surface area contributed by atoms with E-state index in [2.05, 4.69) is 4.98 Å². The maximum atomic E-state index is 6.07. The molecule has 96 valence electrons. The fourth-order valence-electron chi connectivity index (χ4n) is 1.96. The predicted molar refractivity (Wildman–Crippen MR) is 77.7 cm³/mol. The lowest BCUT2D eigenvalue weighted by Crippen LogP contribution is -1.90. The molecule has 0 atom stereocenters. The Balaban J connectivity index is 2.00. The van der Waals surface area contributed by atoms with Crippen LogP contribution in [0.4, 0.5) is 5.69 Å². The van der Waals surface area contributed by atoms with Gasteiger partial charge in [0.1, 0.15) is 5.52 Å². The van der Waals surface area contributed by atoms with E-state index in [0.29, 0.717) is 33.5 Å². The molecule has 3 rings (SSSR count). The SMILES string of the molecule is Nc1cccc(Cc2nc3cc(Cl)cc(Cl)c3o2)c1. The molecular weight excluding hydrogens is 283 g/mol. The van der Waals surface area contributed by atoms with Crippen LogP contribution in [0.5, 0.6) is 0 Å². The van der Waals surface area contributed by atoms with Crippen molar-refractivity contribution in [3.8, 4) is 0 Å². The predicted octanol–water partition coefficient (Wildman–Crippen LogP) is 4.31. The fourth-order valence-corrected chi connectivity index (χ4v) is 2.48. The number of anilines is 1. The Bertz CT molecular complexity index is 752. The number of rotatable bonds is 2. The molecule has 0 aliphatic rings. The van der Waals surface area contributed by atoms with E-state index >= 15 is 0 Å². The van der Waals surface area contributed by atoms with Gasteiger partial charge in [0.05, 0.1) is 5.02 Å². The van der Waals surface area contributed by atoms with E-state index in [-0.39, 0.29) is 0 Å². The average Bonchev–Trinajstić information content (AvgIpc) is 2.71. The lowest BCUT2D eigenvalue weighted by molar-refractivity contribution is 0.544. The van der Waals surface area contributed by atoms with Crippen molar-refractivity contribution in [2.45, 2.75) is 6.42 Å². The van der Waals surface area contributed by atoms with Crippen molar-refractivity contribution in [3.05, 3.63) is 57.9 Å². The lowest BCUT2D eigenvalue weighted by Gasteiger charge is -1.98. The standard InChI is InChI=1S/C14H10Cl2N2O/c15-9-6-11(16)14-12(7-9)18-13(19-14)5-8-2-1-3-10(17)4-8/h1-4,6-7H,5,17H2. The van der Waals surface area contributed by atoms with Gasteiger partial charge in [0, 0.05) is 17.1 Å². The molecule has 0 spiro atoms. The van der Waals surface area contributed by atoms with Crippen LogP contribution in [-0.4, -0.2) is 4.98 Å². The first kappa shape index (κ1) is 12.3. The molecular formula is C14H10Cl2N2O. The summed E-state index contributed by atoms with van der Waals surface area (Å²) in [5.41, 5.74) is 8.72. The molecule has 0 unspecified atom stereocenters. The fraction of sp³-hybridized carbons (Fsp3) is 0.0714. The van der Waals surface area contributed by atoms with Crippen LogP contribution in [0.25, 0.3) is 11.1 Å². The highest BCUT2D eigenvalue weighted by molar-refractivity contribution is 6.37. The second kappa shape index (κ2) is 4.76. The van der Waals surface area contributed by atoms with Crippen molar-refractivity contribution in [2.24, 2.45) is 0 Å². The molecule has 3 aromatic rings. The maximum Gasteiger partial charge on any atom is 0.199 e. The number of benzene rings is 2. The van der Waals surface area contributed by atoms with Crippen LogP contribution < -0.4 is 5.73 Å². The van der Waals surface area contributed by atoms with Crippen LogP contribution >= 0.6 is 23.2 Å². The molecule has 5 heteroatoms. The normalized spacial score (nSPS) is 11.1. The van der Waals surface area contributed by atoms with Crippen molar-refractivity contribution >= 4 is 40.0 Å². The highest BCUT2D eigenvalue weighted by Crippen LogP contribution is 2.29. The topological polar surface area (TPSA) is 52.0 Å². The van der Waals surface area contributed by atoms with Crippen molar-refractivity contribution in [3.63, 3.8) is 0 Å². The van der Waals surface area contributed by atoms with Crippen LogP contribution in [-0.2, 0) is 6.42 Å². The van der Waals surface area contributed by atoms with Crippen LogP contribution in [0.2, 0.25) is 10.0 Å². The third-order valence-electron chi connectivity index (χ3n) is 2.76. The molecule has 2 aromatic carbocycles. The number of fused-ring (bicyclic) bond motifs is 1. The minimum atomic E-state index is 0.467. The maximum absolute atomic E-state index is 6.07. The summed E-state index contributed by atoms with van der Waals surface area (Å²) in [5.74, 6) is 0.588. The van der Waals surface area contributed by atoms with E-state index in [1.807, 2.05) is 24.3 Å². The second-order valence-electron chi connectivity index (χ2n) is 4.27. The Kier molecular flexibility index (Phi) is 3.09. The molecule has 3 nitrogen and oxygen atoms in total. The Morgan fingerprint density at radius 2 is 2.00 bits per heavy atom. The van der Waals surface area contributed by atoms with Gasteiger partial charge in [-0.25, -0.2) is 4.98 Å². The number of nitrogen functional groups attached to an aromatic ring is 1. The quantitative estimate of drug-likeness (QED) is 0.716. The van der Waals surface area contributed by atoms with Crippen LogP contribution in [0.3, 0.4) is 0 Å². The van der Waals surface area contributed by atoms with E-state index in [1.54, 1.807) is 12.1 Å². The molecule has 2 N–H and O–H groups in total. The Morgan fingerprint density at radius 3 is 2.79 bits per heavy atom. The van der Waals surface area contributed by atoms with E-state index in [0.717, 1.165) is 11.3 Å². The van der Waals surface area contributed by atoms with Crippen LogP contribution in [0.1, 0.15) is 11.5 Å². The van der Waals surface area contributed by atoms with Gasteiger partial charge in [-0.15, -0.1) is 0 Å². The summed E-state index contributed by atoms with van der Waals surface area (Å²) in [5, 5.41) is 1.01. The van der Waals surface area contributed by atoms with Crippen LogP contribution in [0.15, 0.2) is 40.8 Å². The lowest BCUT2D eigenvalue weighted by atomic mass is 10.1. The number of oxazole rings is 1. The first-order valence-electron chi connectivity index (χ1n) is 5.71. The molecule has 0 saturated heterocycles. The molecule has 0 bridgehead atoms. The zero-order valence-electron chi connectivity index (χ0n) is 9.86. The molecule has 0 saturated carbocycles. The Hall–Kier alpha value is -1.71. The smallest absolute Gasteiger partial charge is 0.199 e. The number of aromatic nitrogens is 1. The largest absolute Gasteiger partial charge is 0.439 e. The molecule has 0 aliphatic heterocycles. The zero-order valence-corrected chi connectivity index (χ0v) is 11.4. The Morgan fingerprint density at radius 1 is 1.16 bits per heavy atom. The van der Waals surface area contributed by atoms with Gasteiger partial charge in [-0.1, -0.05) is 35.3 Å². The zero-order chi connectivity index (χ0) is 13.4. The summed E-state index contributed by atoms with van der Waals surface area (Å²) in [4.78, 5) is 4.38. The molecule has 1 heterocycles. The van der Waals surface area contributed by atoms with Crippen molar-refractivity contribution in [1.82, 2.24) is 4.98 Å². The number of nitrogens with two attached hydrogens (primary N) is 1. The highest BCUT2D eigenvalue weighted by atomic mass is 35.5. The van der Waals surface area contributed by atoms with Gasteiger partial charge >= 0.3 is 0 Å². The molecule has 19 heavy (non-hydrogen) atoms. The molecule has 0 amide bonds.